The molecule has 2 rings (SSSR count). The number of hydrogen-bond donors (Lipinski definition) is 2. The minimum Gasteiger partial charge on any atom is -0.497 e. The summed E-state index contributed by atoms with van der Waals surface area (Å²) < 4.78 is 10.7. The molecule has 1 aromatic rings. The van der Waals surface area contributed by atoms with Crippen LogP contribution in [0.2, 0.25) is 0 Å². The van der Waals surface area contributed by atoms with E-state index in [0.29, 0.717) is 18.0 Å². The lowest BCUT2D eigenvalue weighted by Gasteiger charge is -2.25. The predicted octanol–water partition coefficient (Wildman–Crippen LogP) is 3.67. The van der Waals surface area contributed by atoms with Crippen LogP contribution in [-0.4, -0.2) is 25.3 Å². The van der Waals surface area contributed by atoms with Crippen molar-refractivity contribution in [2.75, 3.05) is 19.0 Å². The maximum absolute atomic E-state index is 12.2. The number of rotatable bonds is 4. The molecule has 1 aliphatic carbocycles. The van der Waals surface area contributed by atoms with Crippen molar-refractivity contribution in [3.05, 3.63) is 23.8 Å². The molecule has 0 radical (unpaired) electrons. The fraction of sp³-hybridized carbons (Fsp3) is 0.611. The van der Waals surface area contributed by atoms with Gasteiger partial charge in [-0.2, -0.15) is 0 Å². The summed E-state index contributed by atoms with van der Waals surface area (Å²) in [5, 5.41) is 2.86. The highest BCUT2D eigenvalue weighted by molar-refractivity contribution is 5.87. The molecule has 5 nitrogen and oxygen atoms in total. The summed E-state index contributed by atoms with van der Waals surface area (Å²) in [5.74, 6) is 0.686. The number of benzene rings is 1. The molecule has 1 unspecified atom stereocenters. The predicted molar refractivity (Wildman–Crippen MR) is 92.0 cm³/mol. The van der Waals surface area contributed by atoms with Gasteiger partial charge in [0.25, 0.3) is 0 Å². The second-order valence-corrected chi connectivity index (χ2v) is 7.89. The van der Waals surface area contributed by atoms with Crippen molar-refractivity contribution in [1.82, 2.24) is 0 Å². The molecule has 0 aromatic heterocycles. The monoisotopic (exact) mass is 320 g/mol. The maximum atomic E-state index is 12.2. The Morgan fingerprint density at radius 2 is 1.96 bits per heavy atom. The number of anilines is 1. The van der Waals surface area contributed by atoms with Crippen LogP contribution in [0.25, 0.3) is 0 Å². The zero-order valence-corrected chi connectivity index (χ0v) is 14.9. The molecule has 3 N–H and O–H groups in total. The van der Waals surface area contributed by atoms with Crippen molar-refractivity contribution in [2.45, 2.75) is 52.1 Å². The van der Waals surface area contributed by atoms with Crippen molar-refractivity contribution in [3.8, 4) is 5.75 Å². The van der Waals surface area contributed by atoms with E-state index in [-0.39, 0.29) is 10.8 Å². The summed E-state index contributed by atoms with van der Waals surface area (Å²) in [6.07, 6.45) is 0.517. The van der Waals surface area contributed by atoms with E-state index >= 15 is 0 Å². The molecule has 128 valence electrons. The average molecular weight is 320 g/mol. The molecule has 1 fully saturated rings. The number of methoxy groups -OCH3 is 1. The van der Waals surface area contributed by atoms with Gasteiger partial charge in [0.2, 0.25) is 0 Å². The molecule has 0 heterocycles. The van der Waals surface area contributed by atoms with E-state index in [1.165, 1.54) is 0 Å². The Kier molecular flexibility index (Phi) is 4.37. The number of hydrogen-bond acceptors (Lipinski definition) is 4. The molecule has 0 bridgehead atoms. The van der Waals surface area contributed by atoms with Crippen LogP contribution in [-0.2, 0) is 10.2 Å². The zero-order valence-electron chi connectivity index (χ0n) is 14.9. The Balaban J connectivity index is 2.36. The standard InChI is InChI=1S/C18H28N2O3/c1-16(2,3)23-15(21)20-14-9-12(22-6)7-8-13(14)18(11-19)10-17(18,4)5/h7-9H,10-11,19H2,1-6H3,(H,20,21). The lowest BCUT2D eigenvalue weighted by molar-refractivity contribution is 0.0635. The van der Waals surface area contributed by atoms with E-state index in [1.54, 1.807) is 7.11 Å². The average Bonchev–Trinajstić information content (AvgIpc) is 2.99. The Labute approximate surface area is 138 Å². The van der Waals surface area contributed by atoms with Crippen LogP contribution in [0.15, 0.2) is 18.2 Å². The lowest BCUT2D eigenvalue weighted by Crippen LogP contribution is -2.30. The third-order valence-corrected chi connectivity index (χ3v) is 4.64. The molecular formula is C18H28N2O3. The first-order valence-corrected chi connectivity index (χ1v) is 7.93. The first-order valence-electron chi connectivity index (χ1n) is 7.93. The van der Waals surface area contributed by atoms with E-state index in [9.17, 15) is 4.79 Å². The highest BCUT2D eigenvalue weighted by atomic mass is 16.6. The van der Waals surface area contributed by atoms with Crippen molar-refractivity contribution < 1.29 is 14.3 Å². The quantitative estimate of drug-likeness (QED) is 0.887. The van der Waals surface area contributed by atoms with Crippen LogP contribution in [0.5, 0.6) is 5.75 Å². The molecule has 1 atom stereocenters. The number of nitrogens with two attached hydrogens (primary N) is 1. The number of nitrogens with one attached hydrogen (secondary N) is 1. The van der Waals surface area contributed by atoms with E-state index < -0.39 is 11.7 Å². The normalized spacial score (nSPS) is 22.4. The van der Waals surface area contributed by atoms with Crippen molar-refractivity contribution in [1.29, 1.82) is 0 Å². The van der Waals surface area contributed by atoms with Gasteiger partial charge in [0, 0.05) is 18.0 Å². The number of amides is 1. The molecule has 23 heavy (non-hydrogen) atoms. The van der Waals surface area contributed by atoms with Gasteiger partial charge in [-0.05, 0) is 44.2 Å². The Bertz CT molecular complexity index is 605. The van der Waals surface area contributed by atoms with E-state index in [1.807, 2.05) is 39.0 Å². The molecule has 1 aromatic carbocycles. The summed E-state index contributed by atoms with van der Waals surface area (Å²) in [6, 6.07) is 5.72. The minimum atomic E-state index is -0.548. The molecule has 0 saturated heterocycles. The van der Waals surface area contributed by atoms with Gasteiger partial charge in [0.15, 0.2) is 0 Å². The second kappa shape index (κ2) is 5.71. The summed E-state index contributed by atoms with van der Waals surface area (Å²) >= 11 is 0. The van der Waals surface area contributed by atoms with Gasteiger partial charge in [0.1, 0.15) is 11.4 Å². The first-order chi connectivity index (χ1) is 10.5. The van der Waals surface area contributed by atoms with Crippen LogP contribution in [0.4, 0.5) is 10.5 Å². The van der Waals surface area contributed by atoms with Crippen LogP contribution in [0.3, 0.4) is 0 Å². The first kappa shape index (κ1) is 17.6. The largest absolute Gasteiger partial charge is 0.497 e. The molecule has 1 amide bonds. The van der Waals surface area contributed by atoms with E-state index in [2.05, 4.69) is 19.2 Å². The molecule has 0 aliphatic heterocycles. The number of carbonyl (C=O) groups is 1. The number of carbonyl (C=O) groups excluding carboxylic acids is 1. The van der Waals surface area contributed by atoms with Crippen molar-refractivity contribution in [3.63, 3.8) is 0 Å². The van der Waals surface area contributed by atoms with Crippen LogP contribution in [0.1, 0.15) is 46.6 Å². The van der Waals surface area contributed by atoms with Gasteiger partial charge in [-0.25, -0.2) is 4.79 Å². The molecule has 1 aliphatic rings. The molecular weight excluding hydrogens is 292 g/mol. The van der Waals surface area contributed by atoms with Crippen molar-refractivity contribution in [2.24, 2.45) is 11.1 Å². The maximum Gasteiger partial charge on any atom is 0.412 e. The summed E-state index contributed by atoms with van der Waals surface area (Å²) in [6.45, 7) is 10.4. The third kappa shape index (κ3) is 3.44. The summed E-state index contributed by atoms with van der Waals surface area (Å²) in [4.78, 5) is 12.2. The molecule has 5 heteroatoms. The van der Waals surface area contributed by atoms with Gasteiger partial charge < -0.3 is 15.2 Å². The Hall–Kier alpha value is -1.75. The lowest BCUT2D eigenvalue weighted by atomic mass is 9.86. The Morgan fingerprint density at radius 1 is 1.35 bits per heavy atom. The second-order valence-electron chi connectivity index (χ2n) is 7.89. The summed E-state index contributed by atoms with van der Waals surface area (Å²) in [5.41, 5.74) is 7.26. The van der Waals surface area contributed by atoms with Crippen molar-refractivity contribution >= 4 is 11.8 Å². The minimum absolute atomic E-state index is 0.112. The fourth-order valence-corrected chi connectivity index (χ4v) is 3.21. The SMILES string of the molecule is COc1ccc(C2(CN)CC2(C)C)c(NC(=O)OC(C)(C)C)c1. The highest BCUT2D eigenvalue weighted by Gasteiger charge is 2.61. The van der Waals surface area contributed by atoms with E-state index in [4.69, 9.17) is 15.2 Å². The van der Waals surface area contributed by atoms with Gasteiger partial charge in [-0.3, -0.25) is 5.32 Å². The molecule has 1 saturated carbocycles. The number of ether oxygens (including phenoxy) is 2. The van der Waals surface area contributed by atoms with Crippen LogP contribution in [0, 0.1) is 5.41 Å². The van der Waals surface area contributed by atoms with Gasteiger partial charge in [-0.15, -0.1) is 0 Å². The zero-order chi connectivity index (χ0) is 17.5. The Morgan fingerprint density at radius 3 is 2.39 bits per heavy atom. The van der Waals surface area contributed by atoms with Gasteiger partial charge in [-0.1, -0.05) is 19.9 Å². The molecule has 0 spiro atoms. The highest BCUT2D eigenvalue weighted by Crippen LogP contribution is 2.65. The van der Waals surface area contributed by atoms with Gasteiger partial charge in [0.05, 0.1) is 12.8 Å². The van der Waals surface area contributed by atoms with Crippen LogP contribution < -0.4 is 15.8 Å². The summed E-state index contributed by atoms with van der Waals surface area (Å²) in [7, 11) is 1.60. The fourth-order valence-electron chi connectivity index (χ4n) is 3.21. The van der Waals surface area contributed by atoms with Gasteiger partial charge >= 0.3 is 6.09 Å². The van der Waals surface area contributed by atoms with E-state index in [0.717, 1.165) is 12.0 Å². The van der Waals surface area contributed by atoms with Crippen LogP contribution >= 0.6 is 0 Å². The smallest absolute Gasteiger partial charge is 0.412 e. The topological polar surface area (TPSA) is 73.6 Å². The third-order valence-electron chi connectivity index (χ3n) is 4.64.